The van der Waals surface area contributed by atoms with Crippen molar-refractivity contribution in [3.63, 3.8) is 0 Å². The minimum absolute atomic E-state index is 0.132. The summed E-state index contributed by atoms with van der Waals surface area (Å²) in [6.45, 7) is 1.35. The number of nitrogens with zero attached hydrogens (tertiary/aromatic N) is 2. The van der Waals surface area contributed by atoms with Crippen molar-refractivity contribution in [3.8, 4) is 0 Å². The van der Waals surface area contributed by atoms with Crippen molar-refractivity contribution < 1.29 is 18.3 Å². The van der Waals surface area contributed by atoms with Gasteiger partial charge in [-0.2, -0.15) is 0 Å². The number of carbonyl (C=O) groups is 1. The summed E-state index contributed by atoms with van der Waals surface area (Å²) in [7, 11) is 1.45. The Bertz CT molecular complexity index is 427. The highest BCUT2D eigenvalue weighted by Crippen LogP contribution is 2.22. The fourth-order valence-electron chi connectivity index (χ4n) is 1.45. The van der Waals surface area contributed by atoms with Gasteiger partial charge in [0.05, 0.1) is 30.6 Å². The number of hydrogen-bond acceptors (Lipinski definition) is 5. The zero-order valence-electron chi connectivity index (χ0n) is 10.2. The summed E-state index contributed by atoms with van der Waals surface area (Å²) >= 11 is 0. The third-order valence-corrected chi connectivity index (χ3v) is 2.22. The molecule has 0 fully saturated rings. The van der Waals surface area contributed by atoms with Crippen molar-refractivity contribution in [3.05, 3.63) is 17.8 Å². The summed E-state index contributed by atoms with van der Waals surface area (Å²) in [6.07, 6.45) is -1.23. The summed E-state index contributed by atoms with van der Waals surface area (Å²) in [6, 6.07) is 1.31. The molecule has 7 heteroatoms. The van der Waals surface area contributed by atoms with E-state index in [0.29, 0.717) is 0 Å². The van der Waals surface area contributed by atoms with Crippen molar-refractivity contribution in [2.75, 3.05) is 30.8 Å². The van der Waals surface area contributed by atoms with E-state index >= 15 is 0 Å². The predicted molar refractivity (Wildman–Crippen MR) is 63.9 cm³/mol. The van der Waals surface area contributed by atoms with Crippen LogP contribution >= 0.6 is 0 Å². The van der Waals surface area contributed by atoms with Gasteiger partial charge in [0, 0.05) is 7.05 Å². The minimum Gasteiger partial charge on any atom is -0.462 e. The van der Waals surface area contributed by atoms with E-state index in [1.165, 1.54) is 24.2 Å². The Morgan fingerprint density at radius 1 is 1.61 bits per heavy atom. The molecule has 1 heterocycles. The number of alkyl halides is 2. The lowest BCUT2D eigenvalue weighted by Crippen LogP contribution is -2.26. The monoisotopic (exact) mass is 259 g/mol. The number of pyridine rings is 1. The van der Waals surface area contributed by atoms with E-state index in [1.807, 2.05) is 0 Å². The van der Waals surface area contributed by atoms with Gasteiger partial charge in [0.1, 0.15) is 5.82 Å². The standard InChI is InChI=1S/C11H15F2N3O2/c1-3-18-11(17)7-4-10(14)15-5-8(7)16(2)6-9(12)13/h4-5,9H,3,6H2,1-2H3,(H2,14,15). The van der Waals surface area contributed by atoms with Crippen molar-refractivity contribution >= 4 is 17.5 Å². The average Bonchev–Trinajstić information content (AvgIpc) is 2.28. The minimum atomic E-state index is -2.51. The van der Waals surface area contributed by atoms with E-state index in [-0.39, 0.29) is 23.7 Å². The molecule has 0 radical (unpaired) electrons. The smallest absolute Gasteiger partial charge is 0.340 e. The number of nitrogens with two attached hydrogens (primary N) is 1. The highest BCUT2D eigenvalue weighted by atomic mass is 19.3. The molecule has 5 nitrogen and oxygen atoms in total. The van der Waals surface area contributed by atoms with E-state index in [4.69, 9.17) is 10.5 Å². The number of halogens is 2. The number of ether oxygens (including phenoxy) is 1. The highest BCUT2D eigenvalue weighted by molar-refractivity contribution is 5.96. The molecule has 100 valence electrons. The average molecular weight is 259 g/mol. The van der Waals surface area contributed by atoms with Crippen LogP contribution in [-0.2, 0) is 4.74 Å². The predicted octanol–water partition coefficient (Wildman–Crippen LogP) is 1.54. The van der Waals surface area contributed by atoms with Crippen LogP contribution in [0.3, 0.4) is 0 Å². The number of rotatable bonds is 5. The lowest BCUT2D eigenvalue weighted by molar-refractivity contribution is 0.0526. The third-order valence-electron chi connectivity index (χ3n) is 2.22. The van der Waals surface area contributed by atoms with Crippen LogP contribution in [0.2, 0.25) is 0 Å². The van der Waals surface area contributed by atoms with E-state index in [1.54, 1.807) is 6.92 Å². The Morgan fingerprint density at radius 2 is 2.28 bits per heavy atom. The number of anilines is 2. The second-order valence-corrected chi connectivity index (χ2v) is 3.62. The fraction of sp³-hybridized carbons (Fsp3) is 0.455. The number of carbonyl (C=O) groups excluding carboxylic acids is 1. The molecule has 1 aromatic rings. The molecule has 0 aliphatic heterocycles. The summed E-state index contributed by atoms with van der Waals surface area (Å²) in [4.78, 5) is 16.7. The van der Waals surface area contributed by atoms with Crippen LogP contribution in [0.1, 0.15) is 17.3 Å². The van der Waals surface area contributed by atoms with E-state index in [9.17, 15) is 13.6 Å². The Balaban J connectivity index is 3.06. The van der Waals surface area contributed by atoms with Crippen molar-refractivity contribution in [1.29, 1.82) is 0 Å². The summed E-state index contributed by atoms with van der Waals surface area (Å²) in [5, 5.41) is 0. The molecule has 1 rings (SSSR count). The van der Waals surface area contributed by atoms with E-state index in [0.717, 1.165) is 0 Å². The fourth-order valence-corrected chi connectivity index (χ4v) is 1.45. The molecule has 0 bridgehead atoms. The van der Waals surface area contributed by atoms with Gasteiger partial charge in [-0.1, -0.05) is 0 Å². The topological polar surface area (TPSA) is 68.5 Å². The van der Waals surface area contributed by atoms with Gasteiger partial charge in [0.2, 0.25) is 0 Å². The molecule has 0 aromatic carbocycles. The normalized spacial score (nSPS) is 10.5. The molecule has 1 aromatic heterocycles. The number of nitrogen functional groups attached to an aromatic ring is 1. The first-order valence-corrected chi connectivity index (χ1v) is 5.37. The maximum absolute atomic E-state index is 12.3. The van der Waals surface area contributed by atoms with Crippen molar-refractivity contribution in [2.24, 2.45) is 0 Å². The van der Waals surface area contributed by atoms with Gasteiger partial charge in [-0.25, -0.2) is 18.6 Å². The molecule has 0 aliphatic carbocycles. The first kappa shape index (κ1) is 14.1. The van der Waals surface area contributed by atoms with Crippen LogP contribution in [0.4, 0.5) is 20.3 Å². The summed E-state index contributed by atoms with van der Waals surface area (Å²) in [5.74, 6) is -0.477. The second-order valence-electron chi connectivity index (χ2n) is 3.62. The number of esters is 1. The number of hydrogen-bond donors (Lipinski definition) is 1. The Labute approximate surface area is 104 Å². The van der Waals surface area contributed by atoms with Gasteiger partial charge < -0.3 is 15.4 Å². The van der Waals surface area contributed by atoms with Gasteiger partial charge in [-0.05, 0) is 13.0 Å². The van der Waals surface area contributed by atoms with Crippen LogP contribution in [0.5, 0.6) is 0 Å². The molecule has 0 saturated heterocycles. The van der Waals surface area contributed by atoms with Crippen LogP contribution in [0, 0.1) is 0 Å². The Morgan fingerprint density at radius 3 is 2.83 bits per heavy atom. The van der Waals surface area contributed by atoms with E-state index in [2.05, 4.69) is 4.98 Å². The van der Waals surface area contributed by atoms with Crippen LogP contribution < -0.4 is 10.6 Å². The highest BCUT2D eigenvalue weighted by Gasteiger charge is 2.18. The lowest BCUT2D eigenvalue weighted by atomic mass is 10.2. The molecule has 0 unspecified atom stereocenters. The molecular formula is C11H15F2N3O2. The summed E-state index contributed by atoms with van der Waals surface area (Å²) < 4.78 is 29.5. The Kier molecular flexibility index (Phi) is 4.82. The summed E-state index contributed by atoms with van der Waals surface area (Å²) in [5.41, 5.74) is 5.88. The van der Waals surface area contributed by atoms with Crippen LogP contribution in [-0.4, -0.2) is 37.6 Å². The van der Waals surface area contributed by atoms with Gasteiger partial charge in [0.25, 0.3) is 6.43 Å². The largest absolute Gasteiger partial charge is 0.462 e. The molecule has 18 heavy (non-hydrogen) atoms. The Hall–Kier alpha value is -1.92. The molecule has 0 saturated carbocycles. The quantitative estimate of drug-likeness (QED) is 0.812. The number of aromatic nitrogens is 1. The first-order chi connectivity index (χ1) is 8.45. The molecule has 2 N–H and O–H groups in total. The maximum Gasteiger partial charge on any atom is 0.340 e. The van der Waals surface area contributed by atoms with E-state index < -0.39 is 18.9 Å². The van der Waals surface area contributed by atoms with Crippen molar-refractivity contribution in [1.82, 2.24) is 4.98 Å². The van der Waals surface area contributed by atoms with Gasteiger partial charge in [-0.3, -0.25) is 0 Å². The zero-order valence-corrected chi connectivity index (χ0v) is 10.2. The molecule has 0 aliphatic rings. The lowest BCUT2D eigenvalue weighted by Gasteiger charge is -2.21. The maximum atomic E-state index is 12.3. The van der Waals surface area contributed by atoms with Gasteiger partial charge in [-0.15, -0.1) is 0 Å². The van der Waals surface area contributed by atoms with Crippen molar-refractivity contribution in [2.45, 2.75) is 13.3 Å². The molecule has 0 atom stereocenters. The van der Waals surface area contributed by atoms with Crippen LogP contribution in [0.25, 0.3) is 0 Å². The van der Waals surface area contributed by atoms with Crippen LogP contribution in [0.15, 0.2) is 12.3 Å². The SMILES string of the molecule is CCOC(=O)c1cc(N)ncc1N(C)CC(F)F. The molecular weight excluding hydrogens is 244 g/mol. The molecule has 0 amide bonds. The molecule has 0 spiro atoms. The van der Waals surface area contributed by atoms with Gasteiger partial charge in [0.15, 0.2) is 0 Å². The first-order valence-electron chi connectivity index (χ1n) is 5.37. The third kappa shape index (κ3) is 3.54. The zero-order chi connectivity index (χ0) is 13.7. The second kappa shape index (κ2) is 6.13. The van der Waals surface area contributed by atoms with Gasteiger partial charge >= 0.3 is 5.97 Å².